The molecule has 0 spiro atoms. The molecule has 2 aromatic rings. The van der Waals surface area contributed by atoms with Crippen LogP contribution in [0, 0.1) is 11.3 Å². The summed E-state index contributed by atoms with van der Waals surface area (Å²) >= 11 is 0. The summed E-state index contributed by atoms with van der Waals surface area (Å²) in [4.78, 5) is 12.6. The van der Waals surface area contributed by atoms with Gasteiger partial charge in [0.15, 0.2) is 6.10 Å². The topological polar surface area (TPSA) is 62.1 Å². The minimum Gasteiger partial charge on any atom is -0.480 e. The number of amides is 1. The summed E-state index contributed by atoms with van der Waals surface area (Å²) in [6.07, 6.45) is -0.714. The minimum absolute atomic E-state index is 0.239. The molecule has 4 nitrogen and oxygen atoms in total. The van der Waals surface area contributed by atoms with Gasteiger partial charge in [-0.1, -0.05) is 52.0 Å². The Hall–Kier alpha value is -2.80. The molecular weight excluding hydrogens is 324 g/mol. The molecular formula is C22H26N2O2. The highest BCUT2D eigenvalue weighted by atomic mass is 16.5. The Kier molecular flexibility index (Phi) is 6.41. The second kappa shape index (κ2) is 8.53. The number of hydrogen-bond donors (Lipinski definition) is 1. The third-order valence-electron chi connectivity index (χ3n) is 4.30. The van der Waals surface area contributed by atoms with E-state index in [1.165, 1.54) is 5.56 Å². The number of hydrogen-bond acceptors (Lipinski definition) is 3. The van der Waals surface area contributed by atoms with Crippen molar-refractivity contribution in [3.63, 3.8) is 0 Å². The van der Waals surface area contributed by atoms with Gasteiger partial charge in [-0.15, -0.1) is 0 Å². The maximum absolute atomic E-state index is 12.6. The fourth-order valence-corrected chi connectivity index (χ4v) is 2.67. The predicted molar refractivity (Wildman–Crippen MR) is 104 cm³/mol. The van der Waals surface area contributed by atoms with E-state index < -0.39 is 6.10 Å². The molecule has 136 valence electrons. The zero-order valence-electron chi connectivity index (χ0n) is 16.0. The van der Waals surface area contributed by atoms with Gasteiger partial charge in [-0.25, -0.2) is 0 Å². The molecule has 0 fully saturated rings. The lowest BCUT2D eigenvalue weighted by molar-refractivity contribution is -0.122. The minimum atomic E-state index is -0.714. The van der Waals surface area contributed by atoms with Gasteiger partial charge in [0.1, 0.15) is 11.8 Å². The molecule has 0 saturated carbocycles. The van der Waals surface area contributed by atoms with E-state index in [-0.39, 0.29) is 5.91 Å². The van der Waals surface area contributed by atoms with E-state index in [9.17, 15) is 4.79 Å². The highest BCUT2D eigenvalue weighted by molar-refractivity contribution is 5.95. The number of benzene rings is 2. The van der Waals surface area contributed by atoms with Crippen LogP contribution in [-0.2, 0) is 4.79 Å². The second-order valence-electron chi connectivity index (χ2n) is 7.01. The predicted octanol–water partition coefficient (Wildman–Crippen LogP) is 5.21. The van der Waals surface area contributed by atoms with Crippen LogP contribution in [0.2, 0.25) is 0 Å². The lowest BCUT2D eigenvalue weighted by atomic mass is 9.94. The monoisotopic (exact) mass is 350 g/mol. The standard InChI is InChI=1S/C22H26N2O2/c1-14(2)17-10-11-20(19(12-17)15(3)4)24-22(25)16(5)26-21-9-7-6-8-18(21)13-23/h6-12,14-16H,1-5H3,(H,24,25). The average molecular weight is 350 g/mol. The van der Waals surface area contributed by atoms with Crippen molar-refractivity contribution < 1.29 is 9.53 Å². The number of ether oxygens (including phenoxy) is 1. The molecule has 4 heteroatoms. The Morgan fingerprint density at radius 1 is 1.04 bits per heavy atom. The molecule has 0 heterocycles. The fraction of sp³-hybridized carbons (Fsp3) is 0.364. The quantitative estimate of drug-likeness (QED) is 0.778. The molecule has 2 aromatic carbocycles. The third kappa shape index (κ3) is 4.64. The van der Waals surface area contributed by atoms with E-state index in [0.29, 0.717) is 23.1 Å². The van der Waals surface area contributed by atoms with Crippen LogP contribution < -0.4 is 10.1 Å². The van der Waals surface area contributed by atoms with Crippen LogP contribution in [0.25, 0.3) is 0 Å². The zero-order chi connectivity index (χ0) is 19.3. The molecule has 0 saturated heterocycles. The van der Waals surface area contributed by atoms with E-state index in [1.807, 2.05) is 12.1 Å². The van der Waals surface area contributed by atoms with Crippen LogP contribution in [0.5, 0.6) is 5.75 Å². The number of rotatable bonds is 6. The van der Waals surface area contributed by atoms with Gasteiger partial charge in [0.05, 0.1) is 5.56 Å². The Balaban J connectivity index is 2.17. The Morgan fingerprint density at radius 3 is 2.35 bits per heavy atom. The Bertz CT molecular complexity index is 819. The molecule has 0 aliphatic heterocycles. The van der Waals surface area contributed by atoms with Crippen LogP contribution in [0.1, 0.15) is 63.1 Å². The van der Waals surface area contributed by atoms with Gasteiger partial charge in [0.25, 0.3) is 5.91 Å². The zero-order valence-corrected chi connectivity index (χ0v) is 16.0. The summed E-state index contributed by atoms with van der Waals surface area (Å²) in [5, 5.41) is 12.1. The summed E-state index contributed by atoms with van der Waals surface area (Å²) in [7, 11) is 0. The maximum atomic E-state index is 12.6. The van der Waals surface area contributed by atoms with E-state index in [4.69, 9.17) is 10.00 Å². The van der Waals surface area contributed by atoms with Crippen molar-refractivity contribution in [3.05, 3.63) is 59.2 Å². The van der Waals surface area contributed by atoms with Crippen LogP contribution in [0.15, 0.2) is 42.5 Å². The Labute approximate surface area is 155 Å². The molecule has 1 unspecified atom stereocenters. The smallest absolute Gasteiger partial charge is 0.265 e. The molecule has 1 amide bonds. The van der Waals surface area contributed by atoms with Crippen molar-refractivity contribution in [2.24, 2.45) is 0 Å². The number of para-hydroxylation sites is 1. The summed E-state index contributed by atoms with van der Waals surface area (Å²) in [5.41, 5.74) is 3.57. The number of carbonyl (C=O) groups excluding carboxylic acids is 1. The van der Waals surface area contributed by atoms with Gasteiger partial charge < -0.3 is 10.1 Å². The fourth-order valence-electron chi connectivity index (χ4n) is 2.67. The lowest BCUT2D eigenvalue weighted by Crippen LogP contribution is -2.30. The first-order chi connectivity index (χ1) is 12.3. The number of nitriles is 1. The van der Waals surface area contributed by atoms with Crippen molar-refractivity contribution in [1.29, 1.82) is 5.26 Å². The second-order valence-corrected chi connectivity index (χ2v) is 7.01. The molecule has 1 atom stereocenters. The van der Waals surface area contributed by atoms with Crippen LogP contribution >= 0.6 is 0 Å². The number of anilines is 1. The first-order valence-electron chi connectivity index (χ1n) is 8.94. The SMILES string of the molecule is CC(Oc1ccccc1C#N)C(=O)Nc1ccc(C(C)C)cc1C(C)C. The van der Waals surface area contributed by atoms with Gasteiger partial charge in [-0.3, -0.25) is 4.79 Å². The van der Waals surface area contributed by atoms with E-state index in [0.717, 1.165) is 11.3 Å². The van der Waals surface area contributed by atoms with Crippen molar-refractivity contribution in [2.75, 3.05) is 5.32 Å². The van der Waals surface area contributed by atoms with E-state index in [2.05, 4.69) is 45.1 Å². The van der Waals surface area contributed by atoms with Gasteiger partial charge in [-0.2, -0.15) is 5.26 Å². The van der Waals surface area contributed by atoms with Crippen LogP contribution in [-0.4, -0.2) is 12.0 Å². The van der Waals surface area contributed by atoms with E-state index in [1.54, 1.807) is 31.2 Å². The van der Waals surface area contributed by atoms with Crippen molar-refractivity contribution >= 4 is 11.6 Å². The largest absolute Gasteiger partial charge is 0.480 e. The highest BCUT2D eigenvalue weighted by Crippen LogP contribution is 2.29. The van der Waals surface area contributed by atoms with Gasteiger partial charge in [0, 0.05) is 5.69 Å². The summed E-state index contributed by atoms with van der Waals surface area (Å²) in [6.45, 7) is 10.2. The number of nitrogens with zero attached hydrogens (tertiary/aromatic N) is 1. The van der Waals surface area contributed by atoms with Gasteiger partial charge in [-0.05, 0) is 48.1 Å². The molecule has 0 radical (unpaired) electrons. The van der Waals surface area contributed by atoms with E-state index >= 15 is 0 Å². The Morgan fingerprint density at radius 2 is 1.73 bits per heavy atom. The third-order valence-corrected chi connectivity index (χ3v) is 4.30. The summed E-state index contributed by atoms with van der Waals surface area (Å²) in [6, 6.07) is 15.1. The van der Waals surface area contributed by atoms with Crippen molar-refractivity contribution in [3.8, 4) is 11.8 Å². The average Bonchev–Trinajstić information content (AvgIpc) is 2.61. The number of nitrogens with one attached hydrogen (secondary N) is 1. The van der Waals surface area contributed by atoms with Crippen LogP contribution in [0.4, 0.5) is 5.69 Å². The molecule has 0 aliphatic rings. The number of carbonyl (C=O) groups is 1. The van der Waals surface area contributed by atoms with Crippen LogP contribution in [0.3, 0.4) is 0 Å². The summed E-state index contributed by atoms with van der Waals surface area (Å²) in [5.74, 6) is 0.898. The molecule has 2 rings (SSSR count). The first-order valence-corrected chi connectivity index (χ1v) is 8.94. The van der Waals surface area contributed by atoms with Gasteiger partial charge in [0.2, 0.25) is 0 Å². The molecule has 0 bridgehead atoms. The molecule has 0 aromatic heterocycles. The molecule has 0 aliphatic carbocycles. The lowest BCUT2D eigenvalue weighted by Gasteiger charge is -2.19. The summed E-state index contributed by atoms with van der Waals surface area (Å²) < 4.78 is 5.70. The van der Waals surface area contributed by atoms with Crippen molar-refractivity contribution in [1.82, 2.24) is 0 Å². The maximum Gasteiger partial charge on any atom is 0.265 e. The highest BCUT2D eigenvalue weighted by Gasteiger charge is 2.19. The van der Waals surface area contributed by atoms with Crippen molar-refractivity contribution in [2.45, 2.75) is 52.6 Å². The molecule has 26 heavy (non-hydrogen) atoms. The van der Waals surface area contributed by atoms with Gasteiger partial charge >= 0.3 is 0 Å². The normalized spacial score (nSPS) is 11.9. The first kappa shape index (κ1) is 19.5. The molecule has 1 N–H and O–H groups in total.